The fourth-order valence-electron chi connectivity index (χ4n) is 3.74. The predicted molar refractivity (Wildman–Crippen MR) is 82.5 cm³/mol. The van der Waals surface area contributed by atoms with Crippen LogP contribution in [0.2, 0.25) is 0 Å². The van der Waals surface area contributed by atoms with E-state index in [0.717, 1.165) is 6.54 Å². The van der Waals surface area contributed by atoms with E-state index in [4.69, 9.17) is 5.73 Å². The number of fused-ring (bicyclic) bond motifs is 1. The zero-order valence-corrected chi connectivity index (χ0v) is 12.5. The second kappa shape index (κ2) is 5.86. The Labute approximate surface area is 120 Å². The molecule has 2 N–H and O–H groups in total. The van der Waals surface area contributed by atoms with Crippen LogP contribution >= 0.6 is 11.8 Å². The summed E-state index contributed by atoms with van der Waals surface area (Å²) in [6, 6.07) is 10.8. The van der Waals surface area contributed by atoms with E-state index in [1.807, 2.05) is 11.8 Å². The molecule has 104 valence electrons. The lowest BCUT2D eigenvalue weighted by atomic mass is 9.90. The van der Waals surface area contributed by atoms with Gasteiger partial charge < -0.3 is 5.73 Å². The smallest absolute Gasteiger partial charge is 0.0373 e. The van der Waals surface area contributed by atoms with Crippen molar-refractivity contribution in [3.63, 3.8) is 0 Å². The lowest BCUT2D eigenvalue weighted by Gasteiger charge is -2.47. The molecule has 19 heavy (non-hydrogen) atoms. The van der Waals surface area contributed by atoms with Crippen molar-refractivity contribution in [1.29, 1.82) is 0 Å². The van der Waals surface area contributed by atoms with Crippen molar-refractivity contribution >= 4 is 11.8 Å². The summed E-state index contributed by atoms with van der Waals surface area (Å²) in [6.45, 7) is 3.18. The molecule has 1 aromatic carbocycles. The van der Waals surface area contributed by atoms with E-state index < -0.39 is 0 Å². The number of likely N-dealkylation sites (tertiary alicyclic amines) is 1. The molecule has 0 bridgehead atoms. The molecular formula is C16H24N2S. The van der Waals surface area contributed by atoms with E-state index in [0.29, 0.717) is 18.1 Å². The van der Waals surface area contributed by atoms with Gasteiger partial charge in [0, 0.05) is 29.6 Å². The Bertz CT molecular complexity index is 435. The number of piperidine rings is 1. The summed E-state index contributed by atoms with van der Waals surface area (Å²) in [5.41, 5.74) is 7.57. The highest BCUT2D eigenvalue weighted by Gasteiger charge is 2.35. The molecule has 3 atom stereocenters. The fraction of sp³-hybridized carbons (Fsp3) is 0.625. The van der Waals surface area contributed by atoms with Gasteiger partial charge in [0.25, 0.3) is 0 Å². The first-order valence-corrected chi connectivity index (χ1v) is 8.49. The van der Waals surface area contributed by atoms with Crippen molar-refractivity contribution in [3.8, 4) is 0 Å². The molecule has 1 fully saturated rings. The van der Waals surface area contributed by atoms with Crippen molar-refractivity contribution in [2.75, 3.05) is 12.3 Å². The number of benzene rings is 1. The quantitative estimate of drug-likeness (QED) is 0.897. The van der Waals surface area contributed by atoms with Crippen LogP contribution in [0.5, 0.6) is 0 Å². The van der Waals surface area contributed by atoms with E-state index in [1.54, 1.807) is 0 Å². The maximum atomic E-state index is 6.04. The first-order chi connectivity index (χ1) is 9.31. The SMILES string of the molecule is CC1CCCC(CN)N1C1CCSc2ccccc21. The zero-order chi connectivity index (χ0) is 13.2. The van der Waals surface area contributed by atoms with E-state index in [1.165, 1.54) is 41.9 Å². The van der Waals surface area contributed by atoms with Crippen LogP contribution in [0.3, 0.4) is 0 Å². The lowest BCUT2D eigenvalue weighted by Crippen LogP contribution is -2.51. The van der Waals surface area contributed by atoms with Crippen molar-refractivity contribution in [2.45, 2.75) is 55.6 Å². The zero-order valence-electron chi connectivity index (χ0n) is 11.7. The van der Waals surface area contributed by atoms with Gasteiger partial charge in [-0.1, -0.05) is 24.6 Å². The van der Waals surface area contributed by atoms with Crippen molar-refractivity contribution < 1.29 is 0 Å². The van der Waals surface area contributed by atoms with Gasteiger partial charge in [-0.25, -0.2) is 0 Å². The van der Waals surface area contributed by atoms with Crippen LogP contribution in [0, 0.1) is 0 Å². The minimum Gasteiger partial charge on any atom is -0.329 e. The summed E-state index contributed by atoms with van der Waals surface area (Å²) in [5, 5.41) is 0. The first kappa shape index (κ1) is 13.5. The monoisotopic (exact) mass is 276 g/mol. The molecule has 2 heterocycles. The maximum Gasteiger partial charge on any atom is 0.0373 e. The topological polar surface area (TPSA) is 29.3 Å². The van der Waals surface area contributed by atoms with Crippen molar-refractivity contribution in [3.05, 3.63) is 29.8 Å². The molecule has 0 aromatic heterocycles. The minimum atomic E-state index is 0.574. The minimum absolute atomic E-state index is 0.574. The van der Waals surface area contributed by atoms with Crippen LogP contribution in [0.15, 0.2) is 29.2 Å². The van der Waals surface area contributed by atoms with Gasteiger partial charge in [0.05, 0.1) is 0 Å². The Balaban J connectivity index is 1.92. The number of nitrogens with two attached hydrogens (primary N) is 1. The molecule has 0 amide bonds. The average Bonchev–Trinajstić information content (AvgIpc) is 2.46. The van der Waals surface area contributed by atoms with E-state index in [2.05, 4.69) is 36.1 Å². The molecule has 3 unspecified atom stereocenters. The summed E-state index contributed by atoms with van der Waals surface area (Å²) >= 11 is 2.01. The molecule has 0 saturated carbocycles. The van der Waals surface area contributed by atoms with Crippen LogP contribution in [-0.2, 0) is 0 Å². The largest absolute Gasteiger partial charge is 0.329 e. The third-order valence-electron chi connectivity index (χ3n) is 4.65. The molecule has 0 spiro atoms. The normalized spacial score (nSPS) is 32.0. The average molecular weight is 276 g/mol. The Morgan fingerprint density at radius 3 is 2.95 bits per heavy atom. The highest BCUT2D eigenvalue weighted by atomic mass is 32.2. The molecule has 0 aliphatic carbocycles. The number of nitrogens with zero attached hydrogens (tertiary/aromatic N) is 1. The molecular weight excluding hydrogens is 252 g/mol. The Morgan fingerprint density at radius 1 is 1.26 bits per heavy atom. The van der Waals surface area contributed by atoms with Crippen LogP contribution in [0.25, 0.3) is 0 Å². The third-order valence-corrected chi connectivity index (χ3v) is 5.77. The molecule has 1 aromatic rings. The van der Waals surface area contributed by atoms with E-state index >= 15 is 0 Å². The number of hydrogen-bond donors (Lipinski definition) is 1. The van der Waals surface area contributed by atoms with E-state index in [9.17, 15) is 0 Å². The molecule has 2 aliphatic rings. The van der Waals surface area contributed by atoms with Gasteiger partial charge in [-0.3, -0.25) is 4.90 Å². The van der Waals surface area contributed by atoms with Gasteiger partial charge in [0.15, 0.2) is 0 Å². The Hall–Kier alpha value is -0.510. The summed E-state index contributed by atoms with van der Waals surface area (Å²) in [5.74, 6) is 1.24. The Kier molecular flexibility index (Phi) is 4.15. The lowest BCUT2D eigenvalue weighted by molar-refractivity contribution is 0.0459. The summed E-state index contributed by atoms with van der Waals surface area (Å²) < 4.78 is 0. The van der Waals surface area contributed by atoms with Crippen LogP contribution < -0.4 is 5.73 Å². The maximum absolute atomic E-state index is 6.04. The van der Waals surface area contributed by atoms with Crippen LogP contribution in [-0.4, -0.2) is 29.3 Å². The van der Waals surface area contributed by atoms with Crippen molar-refractivity contribution in [1.82, 2.24) is 4.90 Å². The highest BCUT2D eigenvalue weighted by molar-refractivity contribution is 7.99. The second-order valence-electron chi connectivity index (χ2n) is 5.81. The standard InChI is InChI=1S/C16H24N2S/c1-12-5-4-6-13(11-17)18(12)15-9-10-19-16-8-3-2-7-14(15)16/h2-3,7-8,12-13,15H,4-6,9-11,17H2,1H3. The number of hydrogen-bond acceptors (Lipinski definition) is 3. The highest BCUT2D eigenvalue weighted by Crippen LogP contribution is 2.42. The predicted octanol–water partition coefficient (Wildman–Crippen LogP) is 3.43. The summed E-state index contributed by atoms with van der Waals surface area (Å²) in [6.07, 6.45) is 5.19. The summed E-state index contributed by atoms with van der Waals surface area (Å²) in [4.78, 5) is 4.20. The van der Waals surface area contributed by atoms with Gasteiger partial charge in [-0.2, -0.15) is 0 Å². The van der Waals surface area contributed by atoms with Gasteiger partial charge in [-0.05, 0) is 43.6 Å². The van der Waals surface area contributed by atoms with Crippen molar-refractivity contribution in [2.24, 2.45) is 5.73 Å². The van der Waals surface area contributed by atoms with Gasteiger partial charge in [0.2, 0.25) is 0 Å². The van der Waals surface area contributed by atoms with Gasteiger partial charge in [-0.15, -0.1) is 11.8 Å². The molecule has 3 heteroatoms. The molecule has 1 saturated heterocycles. The fourth-order valence-corrected chi connectivity index (χ4v) is 4.85. The molecule has 2 nitrogen and oxygen atoms in total. The first-order valence-electron chi connectivity index (χ1n) is 7.50. The van der Waals surface area contributed by atoms with Crippen LogP contribution in [0.4, 0.5) is 0 Å². The number of rotatable bonds is 2. The molecule has 2 aliphatic heterocycles. The molecule has 0 radical (unpaired) electrons. The summed E-state index contributed by atoms with van der Waals surface area (Å²) in [7, 11) is 0. The van der Waals surface area contributed by atoms with E-state index in [-0.39, 0.29) is 0 Å². The Morgan fingerprint density at radius 2 is 2.11 bits per heavy atom. The van der Waals surface area contributed by atoms with Gasteiger partial charge in [0.1, 0.15) is 0 Å². The third kappa shape index (κ3) is 2.56. The van der Waals surface area contributed by atoms with Crippen LogP contribution in [0.1, 0.15) is 44.2 Å². The second-order valence-corrected chi connectivity index (χ2v) is 6.94. The molecule has 3 rings (SSSR count). The van der Waals surface area contributed by atoms with Gasteiger partial charge >= 0.3 is 0 Å². The number of thioether (sulfide) groups is 1.